The van der Waals surface area contributed by atoms with Gasteiger partial charge < -0.3 is 15.2 Å². The summed E-state index contributed by atoms with van der Waals surface area (Å²) >= 11 is 13.1. The molecule has 8 heteroatoms. The number of nitrogens with one attached hydrogen (secondary N) is 1. The largest absolute Gasteiger partial charge is 0.496 e. The summed E-state index contributed by atoms with van der Waals surface area (Å²) in [6.45, 7) is 0.289. The van der Waals surface area contributed by atoms with Gasteiger partial charge in [-0.05, 0) is 29.3 Å². The van der Waals surface area contributed by atoms with Gasteiger partial charge in [0.1, 0.15) is 5.75 Å². The highest BCUT2D eigenvalue weighted by atomic mass is 35.5. The van der Waals surface area contributed by atoms with Crippen molar-refractivity contribution in [2.24, 2.45) is 0 Å². The lowest BCUT2D eigenvalue weighted by molar-refractivity contribution is -0.136. The van der Waals surface area contributed by atoms with Crippen LogP contribution in [0.15, 0.2) is 60.7 Å². The average molecular weight is 473 g/mol. The molecule has 0 fully saturated rings. The molecule has 0 heterocycles. The van der Waals surface area contributed by atoms with Crippen molar-refractivity contribution in [3.63, 3.8) is 0 Å². The van der Waals surface area contributed by atoms with Crippen LogP contribution < -0.4 is 15.0 Å². The zero-order valence-corrected chi connectivity index (χ0v) is 19.1. The van der Waals surface area contributed by atoms with E-state index < -0.39 is 5.97 Å². The van der Waals surface area contributed by atoms with Crippen molar-refractivity contribution in [3.05, 3.63) is 81.8 Å². The summed E-state index contributed by atoms with van der Waals surface area (Å²) in [5.41, 5.74) is 3.47. The lowest BCUT2D eigenvalue weighted by Gasteiger charge is -2.20. The molecular weight excluding hydrogens is 451 g/mol. The van der Waals surface area contributed by atoms with E-state index in [1.165, 1.54) is 4.90 Å². The second-order valence-corrected chi connectivity index (χ2v) is 7.90. The minimum atomic E-state index is -0.887. The molecule has 0 atom stereocenters. The molecule has 3 rings (SSSR count). The number of amides is 2. The minimum Gasteiger partial charge on any atom is -0.496 e. The second-order valence-electron chi connectivity index (χ2n) is 7.09. The summed E-state index contributed by atoms with van der Waals surface area (Å²) in [5, 5.41) is 12.5. The van der Waals surface area contributed by atoms with Gasteiger partial charge in [-0.1, -0.05) is 65.7 Å². The standard InChI is InChI=1S/C24H22Cl2N2O4/c1-28(24(31)27-14-16-9-7-15(8-10-16)11-22(29)30)17-12-19(25)23(20(26)13-17)18-5-3-4-6-21(18)32-2/h3-10,12-13H,11,14H2,1-2H3,(H,27,31)(H,29,30). The van der Waals surface area contributed by atoms with E-state index in [-0.39, 0.29) is 19.0 Å². The Morgan fingerprint density at radius 1 is 1.00 bits per heavy atom. The van der Waals surface area contributed by atoms with Gasteiger partial charge in [0, 0.05) is 30.4 Å². The lowest BCUT2D eigenvalue weighted by Crippen LogP contribution is -2.36. The van der Waals surface area contributed by atoms with Crippen LogP contribution in [0, 0.1) is 0 Å². The van der Waals surface area contributed by atoms with Crippen LogP contribution >= 0.6 is 23.2 Å². The van der Waals surface area contributed by atoms with Gasteiger partial charge in [0.05, 0.1) is 23.6 Å². The lowest BCUT2D eigenvalue weighted by atomic mass is 10.0. The number of aliphatic carboxylic acids is 1. The van der Waals surface area contributed by atoms with E-state index in [1.54, 1.807) is 50.6 Å². The summed E-state index contributed by atoms with van der Waals surface area (Å²) in [4.78, 5) is 24.8. The van der Waals surface area contributed by atoms with Gasteiger partial charge in [-0.15, -0.1) is 0 Å². The molecule has 0 aromatic heterocycles. The second kappa shape index (κ2) is 10.4. The van der Waals surface area contributed by atoms with Crippen molar-refractivity contribution in [2.45, 2.75) is 13.0 Å². The maximum atomic E-state index is 12.6. The van der Waals surface area contributed by atoms with Gasteiger partial charge in [0.2, 0.25) is 0 Å². The first-order valence-electron chi connectivity index (χ1n) is 9.73. The summed E-state index contributed by atoms with van der Waals surface area (Å²) in [6, 6.07) is 17.5. The Labute approximate surface area is 196 Å². The number of carboxylic acid groups (broad SMARTS) is 1. The number of carboxylic acids is 1. The number of anilines is 1. The van der Waals surface area contributed by atoms with Crippen molar-refractivity contribution in [3.8, 4) is 16.9 Å². The molecule has 3 aromatic rings. The fourth-order valence-corrected chi connectivity index (χ4v) is 3.90. The zero-order chi connectivity index (χ0) is 23.3. The first kappa shape index (κ1) is 23.4. The molecule has 0 spiro atoms. The Morgan fingerprint density at radius 3 is 2.19 bits per heavy atom. The molecule has 2 amide bonds. The van der Waals surface area contributed by atoms with E-state index in [9.17, 15) is 9.59 Å². The van der Waals surface area contributed by atoms with Gasteiger partial charge in [-0.3, -0.25) is 9.69 Å². The van der Waals surface area contributed by atoms with E-state index in [2.05, 4.69) is 5.32 Å². The van der Waals surface area contributed by atoms with Crippen LogP contribution in [-0.4, -0.2) is 31.3 Å². The molecule has 0 aliphatic heterocycles. The maximum Gasteiger partial charge on any atom is 0.321 e. The Kier molecular flexibility index (Phi) is 7.62. The number of rotatable bonds is 7. The highest BCUT2D eigenvalue weighted by molar-refractivity contribution is 6.40. The molecule has 0 unspecified atom stereocenters. The molecule has 6 nitrogen and oxygen atoms in total. The minimum absolute atomic E-state index is 0.0399. The molecule has 2 N–H and O–H groups in total. The number of methoxy groups -OCH3 is 1. The number of carbonyl (C=O) groups excluding carboxylic acids is 1. The van der Waals surface area contributed by atoms with Gasteiger partial charge in [0.15, 0.2) is 0 Å². The highest BCUT2D eigenvalue weighted by Crippen LogP contribution is 2.41. The molecule has 0 radical (unpaired) electrons. The van der Waals surface area contributed by atoms with E-state index in [0.29, 0.717) is 32.6 Å². The number of nitrogens with zero attached hydrogens (tertiary/aromatic N) is 1. The fraction of sp³-hybridized carbons (Fsp3) is 0.167. The molecule has 0 aliphatic carbocycles. The molecular formula is C24H22Cl2N2O4. The summed E-state index contributed by atoms with van der Waals surface area (Å²) < 4.78 is 5.40. The Balaban J connectivity index is 1.72. The number of para-hydroxylation sites is 1. The van der Waals surface area contributed by atoms with Crippen LogP contribution in [0.25, 0.3) is 11.1 Å². The molecule has 0 aliphatic rings. The normalized spacial score (nSPS) is 10.5. The van der Waals surface area contributed by atoms with Crippen LogP contribution in [0.1, 0.15) is 11.1 Å². The summed E-state index contributed by atoms with van der Waals surface area (Å²) in [6.07, 6.45) is -0.0399. The Hall–Kier alpha value is -3.22. The third-order valence-electron chi connectivity index (χ3n) is 4.92. The van der Waals surface area contributed by atoms with E-state index >= 15 is 0 Å². The molecule has 0 bridgehead atoms. The zero-order valence-electron chi connectivity index (χ0n) is 17.6. The Bertz CT molecular complexity index is 1110. The quantitative estimate of drug-likeness (QED) is 0.466. The number of hydrogen-bond donors (Lipinski definition) is 2. The summed E-state index contributed by atoms with van der Waals surface area (Å²) in [5.74, 6) is -0.244. The fourth-order valence-electron chi connectivity index (χ4n) is 3.22. The van der Waals surface area contributed by atoms with Crippen LogP contribution in [0.4, 0.5) is 10.5 Å². The van der Waals surface area contributed by atoms with E-state index in [1.807, 2.05) is 24.3 Å². The Morgan fingerprint density at radius 2 is 1.59 bits per heavy atom. The summed E-state index contributed by atoms with van der Waals surface area (Å²) in [7, 11) is 3.20. The SMILES string of the molecule is COc1ccccc1-c1c(Cl)cc(N(C)C(=O)NCc2ccc(CC(=O)O)cc2)cc1Cl. The predicted octanol–water partition coefficient (Wildman–Crippen LogP) is 5.64. The number of hydrogen-bond acceptors (Lipinski definition) is 3. The first-order valence-corrected chi connectivity index (χ1v) is 10.5. The van der Waals surface area contributed by atoms with Crippen molar-refractivity contribution >= 4 is 40.9 Å². The van der Waals surface area contributed by atoms with Gasteiger partial charge in [-0.2, -0.15) is 0 Å². The van der Waals surface area contributed by atoms with Gasteiger partial charge in [-0.25, -0.2) is 4.79 Å². The molecule has 0 saturated carbocycles. The maximum absolute atomic E-state index is 12.6. The molecule has 3 aromatic carbocycles. The number of urea groups is 1. The first-order chi connectivity index (χ1) is 15.3. The number of halogens is 2. The van der Waals surface area contributed by atoms with Crippen molar-refractivity contribution in [1.82, 2.24) is 5.32 Å². The monoisotopic (exact) mass is 472 g/mol. The number of benzene rings is 3. The van der Waals surface area contributed by atoms with Crippen LogP contribution in [0.5, 0.6) is 5.75 Å². The van der Waals surface area contributed by atoms with Crippen molar-refractivity contribution in [1.29, 1.82) is 0 Å². The molecule has 166 valence electrons. The van der Waals surface area contributed by atoms with E-state index in [0.717, 1.165) is 11.1 Å². The highest BCUT2D eigenvalue weighted by Gasteiger charge is 2.18. The van der Waals surface area contributed by atoms with Crippen molar-refractivity contribution < 1.29 is 19.4 Å². The van der Waals surface area contributed by atoms with Gasteiger partial charge in [0.25, 0.3) is 0 Å². The van der Waals surface area contributed by atoms with E-state index in [4.69, 9.17) is 33.0 Å². The number of ether oxygens (including phenoxy) is 1. The third-order valence-corrected chi connectivity index (χ3v) is 5.51. The smallest absolute Gasteiger partial charge is 0.321 e. The average Bonchev–Trinajstić information content (AvgIpc) is 2.77. The predicted molar refractivity (Wildman–Crippen MR) is 127 cm³/mol. The molecule has 0 saturated heterocycles. The molecule has 32 heavy (non-hydrogen) atoms. The van der Waals surface area contributed by atoms with Gasteiger partial charge >= 0.3 is 12.0 Å². The third kappa shape index (κ3) is 5.52. The van der Waals surface area contributed by atoms with Crippen LogP contribution in [0.2, 0.25) is 10.0 Å². The van der Waals surface area contributed by atoms with Crippen LogP contribution in [-0.2, 0) is 17.8 Å². The number of carbonyl (C=O) groups is 2. The topological polar surface area (TPSA) is 78.9 Å². The van der Waals surface area contributed by atoms with Crippen LogP contribution in [0.3, 0.4) is 0 Å². The van der Waals surface area contributed by atoms with Crippen molar-refractivity contribution in [2.75, 3.05) is 19.1 Å².